The first kappa shape index (κ1) is 12.9. The second-order valence-corrected chi connectivity index (χ2v) is 4.89. The van der Waals surface area contributed by atoms with Gasteiger partial charge in [0.1, 0.15) is 0 Å². The molecule has 18 heavy (non-hydrogen) atoms. The molecule has 3 unspecified atom stereocenters. The first-order valence-corrected chi connectivity index (χ1v) is 6.46. The number of H-pyrrole nitrogens is 1. The Kier molecular flexibility index (Phi) is 4.24. The molecule has 0 saturated heterocycles. The molecule has 1 heterocycles. The van der Waals surface area contributed by atoms with Crippen LogP contribution in [0.4, 0.5) is 0 Å². The number of rotatable bonds is 4. The fourth-order valence-electron chi connectivity index (χ4n) is 2.57. The van der Waals surface area contributed by atoms with Crippen LogP contribution in [0.5, 0.6) is 0 Å². The zero-order valence-electron chi connectivity index (χ0n) is 10.6. The molecule has 1 aromatic heterocycles. The molecular formula is C11H20N6O. The molecule has 7 nitrogen and oxygen atoms in total. The van der Waals surface area contributed by atoms with Gasteiger partial charge in [0.15, 0.2) is 5.82 Å². The number of hydrogen-bond acceptors (Lipinski definition) is 5. The van der Waals surface area contributed by atoms with Crippen molar-refractivity contribution >= 4 is 5.91 Å². The van der Waals surface area contributed by atoms with E-state index < -0.39 is 0 Å². The Labute approximate surface area is 106 Å². The summed E-state index contributed by atoms with van der Waals surface area (Å²) in [5.41, 5.74) is 5.74. The van der Waals surface area contributed by atoms with Crippen LogP contribution in [-0.2, 0) is 4.79 Å². The minimum Gasteiger partial charge on any atom is -0.346 e. The van der Waals surface area contributed by atoms with Gasteiger partial charge in [0.2, 0.25) is 5.91 Å². The predicted octanol–water partition coefficient (Wildman–Crippen LogP) is 0.142. The van der Waals surface area contributed by atoms with Gasteiger partial charge < -0.3 is 11.1 Å². The molecule has 1 aromatic rings. The maximum Gasteiger partial charge on any atom is 0.224 e. The summed E-state index contributed by atoms with van der Waals surface area (Å²) in [6.07, 6.45) is 4.25. The van der Waals surface area contributed by atoms with Crippen LogP contribution < -0.4 is 11.1 Å². The van der Waals surface area contributed by atoms with Crippen molar-refractivity contribution in [2.24, 2.45) is 17.6 Å². The van der Waals surface area contributed by atoms with E-state index in [0.29, 0.717) is 18.3 Å². The van der Waals surface area contributed by atoms with Crippen LogP contribution in [0.3, 0.4) is 0 Å². The molecule has 1 fully saturated rings. The van der Waals surface area contributed by atoms with Gasteiger partial charge in [-0.15, -0.1) is 10.2 Å². The number of amides is 1. The first-order chi connectivity index (χ1) is 8.72. The SMILES string of the molecule is CC(NC(=O)C1CCCCC1CN)c1nn[nH]n1. The molecule has 2 rings (SSSR count). The number of nitrogens with two attached hydrogens (primary N) is 1. The Morgan fingerprint density at radius 3 is 3.00 bits per heavy atom. The second kappa shape index (κ2) is 5.90. The Balaban J connectivity index is 1.94. The van der Waals surface area contributed by atoms with E-state index >= 15 is 0 Å². The van der Waals surface area contributed by atoms with Gasteiger partial charge in [-0.3, -0.25) is 4.79 Å². The number of hydrogen-bond donors (Lipinski definition) is 3. The van der Waals surface area contributed by atoms with Crippen LogP contribution in [0.2, 0.25) is 0 Å². The third-order valence-electron chi connectivity index (χ3n) is 3.66. The number of carbonyl (C=O) groups excluding carboxylic acids is 1. The maximum atomic E-state index is 12.2. The van der Waals surface area contributed by atoms with Crippen LogP contribution in [-0.4, -0.2) is 33.1 Å². The molecule has 1 aliphatic carbocycles. The van der Waals surface area contributed by atoms with Crippen molar-refractivity contribution in [3.63, 3.8) is 0 Å². The lowest BCUT2D eigenvalue weighted by molar-refractivity contribution is -0.128. The van der Waals surface area contributed by atoms with Crippen LogP contribution in [0.1, 0.15) is 44.5 Å². The normalized spacial score (nSPS) is 25.7. The van der Waals surface area contributed by atoms with E-state index in [-0.39, 0.29) is 17.9 Å². The molecule has 100 valence electrons. The maximum absolute atomic E-state index is 12.2. The van der Waals surface area contributed by atoms with E-state index in [2.05, 4.69) is 25.9 Å². The molecule has 1 aliphatic rings. The van der Waals surface area contributed by atoms with Gasteiger partial charge >= 0.3 is 0 Å². The minimum absolute atomic E-state index is 0.0260. The van der Waals surface area contributed by atoms with Gasteiger partial charge in [-0.2, -0.15) is 5.21 Å². The summed E-state index contributed by atoms with van der Waals surface area (Å²) in [5, 5.41) is 16.5. The summed E-state index contributed by atoms with van der Waals surface area (Å²) < 4.78 is 0. The van der Waals surface area contributed by atoms with Crippen LogP contribution in [0.15, 0.2) is 0 Å². The van der Waals surface area contributed by atoms with Crippen LogP contribution in [0, 0.1) is 11.8 Å². The van der Waals surface area contributed by atoms with Gasteiger partial charge in [-0.05, 0) is 32.2 Å². The number of aromatic amines is 1. The molecule has 7 heteroatoms. The van der Waals surface area contributed by atoms with Crippen molar-refractivity contribution in [1.29, 1.82) is 0 Å². The number of nitrogens with zero attached hydrogens (tertiary/aromatic N) is 3. The lowest BCUT2D eigenvalue weighted by Crippen LogP contribution is -2.40. The number of aromatic nitrogens is 4. The highest BCUT2D eigenvalue weighted by Crippen LogP contribution is 2.29. The van der Waals surface area contributed by atoms with Crippen molar-refractivity contribution < 1.29 is 4.79 Å². The van der Waals surface area contributed by atoms with E-state index in [1.54, 1.807) is 0 Å². The van der Waals surface area contributed by atoms with E-state index in [1.807, 2.05) is 6.92 Å². The van der Waals surface area contributed by atoms with Crippen molar-refractivity contribution in [2.75, 3.05) is 6.54 Å². The van der Waals surface area contributed by atoms with Gasteiger partial charge in [0.05, 0.1) is 6.04 Å². The van der Waals surface area contributed by atoms with Crippen molar-refractivity contribution in [3.05, 3.63) is 5.82 Å². The molecule has 1 amide bonds. The second-order valence-electron chi connectivity index (χ2n) is 4.89. The largest absolute Gasteiger partial charge is 0.346 e. The van der Waals surface area contributed by atoms with E-state index in [1.165, 1.54) is 6.42 Å². The fraction of sp³-hybridized carbons (Fsp3) is 0.818. The van der Waals surface area contributed by atoms with E-state index in [4.69, 9.17) is 5.73 Å². The molecule has 4 N–H and O–H groups in total. The van der Waals surface area contributed by atoms with Gasteiger partial charge in [0.25, 0.3) is 0 Å². The summed E-state index contributed by atoms with van der Waals surface area (Å²) in [6, 6.07) is -0.225. The van der Waals surface area contributed by atoms with Crippen LogP contribution >= 0.6 is 0 Å². The average molecular weight is 252 g/mol. The molecule has 0 bridgehead atoms. The number of carbonyl (C=O) groups is 1. The molecule has 0 aromatic carbocycles. The summed E-state index contributed by atoms with van der Waals surface area (Å²) in [7, 11) is 0. The summed E-state index contributed by atoms with van der Waals surface area (Å²) in [4.78, 5) is 12.2. The topological polar surface area (TPSA) is 110 Å². The van der Waals surface area contributed by atoms with E-state index in [0.717, 1.165) is 19.3 Å². The van der Waals surface area contributed by atoms with Gasteiger partial charge in [-0.1, -0.05) is 18.1 Å². The predicted molar refractivity (Wildman–Crippen MR) is 65.2 cm³/mol. The molecule has 0 radical (unpaired) electrons. The van der Waals surface area contributed by atoms with Gasteiger partial charge in [0, 0.05) is 5.92 Å². The Bertz CT molecular complexity index is 379. The Morgan fingerprint density at radius 2 is 2.33 bits per heavy atom. The molecule has 0 spiro atoms. The monoisotopic (exact) mass is 252 g/mol. The third-order valence-corrected chi connectivity index (χ3v) is 3.66. The summed E-state index contributed by atoms with van der Waals surface area (Å²) in [6.45, 7) is 2.43. The zero-order valence-corrected chi connectivity index (χ0v) is 10.6. The zero-order chi connectivity index (χ0) is 13.0. The van der Waals surface area contributed by atoms with E-state index in [9.17, 15) is 4.79 Å². The summed E-state index contributed by atoms with van der Waals surface area (Å²) in [5.74, 6) is 0.889. The molecular weight excluding hydrogens is 232 g/mol. The first-order valence-electron chi connectivity index (χ1n) is 6.46. The minimum atomic E-state index is -0.225. The average Bonchev–Trinajstić information content (AvgIpc) is 2.92. The quantitative estimate of drug-likeness (QED) is 0.706. The lowest BCUT2D eigenvalue weighted by atomic mass is 9.78. The Morgan fingerprint density at radius 1 is 1.56 bits per heavy atom. The van der Waals surface area contributed by atoms with Crippen molar-refractivity contribution in [3.8, 4) is 0 Å². The lowest BCUT2D eigenvalue weighted by Gasteiger charge is -2.30. The highest BCUT2D eigenvalue weighted by Gasteiger charge is 2.30. The highest BCUT2D eigenvalue weighted by atomic mass is 16.2. The summed E-state index contributed by atoms with van der Waals surface area (Å²) >= 11 is 0. The van der Waals surface area contributed by atoms with Crippen molar-refractivity contribution in [2.45, 2.75) is 38.6 Å². The molecule has 1 saturated carbocycles. The smallest absolute Gasteiger partial charge is 0.224 e. The Hall–Kier alpha value is -1.50. The number of tetrazole rings is 1. The number of nitrogens with one attached hydrogen (secondary N) is 2. The van der Waals surface area contributed by atoms with Gasteiger partial charge in [-0.25, -0.2) is 0 Å². The molecule has 3 atom stereocenters. The van der Waals surface area contributed by atoms with Crippen LogP contribution in [0.25, 0.3) is 0 Å². The highest BCUT2D eigenvalue weighted by molar-refractivity contribution is 5.79. The third kappa shape index (κ3) is 2.84. The standard InChI is InChI=1S/C11H20N6O/c1-7(10-14-16-17-15-10)13-11(18)9-5-3-2-4-8(9)6-12/h7-9H,2-6,12H2,1H3,(H,13,18)(H,14,15,16,17). The fourth-order valence-corrected chi connectivity index (χ4v) is 2.57. The van der Waals surface area contributed by atoms with Crippen molar-refractivity contribution in [1.82, 2.24) is 25.9 Å². The molecule has 0 aliphatic heterocycles.